The highest BCUT2D eigenvalue weighted by Gasteiger charge is 2.30. The summed E-state index contributed by atoms with van der Waals surface area (Å²) in [7, 11) is 0. The Balaban J connectivity index is 2.24. The number of benzene rings is 1. The molecule has 3 heteroatoms. The van der Waals surface area contributed by atoms with E-state index in [1.165, 1.54) is 24.8 Å². The van der Waals surface area contributed by atoms with Crippen molar-refractivity contribution in [1.29, 1.82) is 0 Å². The second kappa shape index (κ2) is 7.26. The normalized spacial score (nSPS) is 22.5. The van der Waals surface area contributed by atoms with Gasteiger partial charge >= 0.3 is 0 Å². The van der Waals surface area contributed by atoms with Crippen LogP contribution in [0.1, 0.15) is 58.1 Å². The van der Waals surface area contributed by atoms with Crippen LogP contribution in [0.2, 0.25) is 0 Å². The van der Waals surface area contributed by atoms with Gasteiger partial charge in [-0.05, 0) is 61.9 Å². The van der Waals surface area contributed by atoms with E-state index >= 15 is 0 Å². The highest BCUT2D eigenvalue weighted by atomic mass is 79.9. The third kappa shape index (κ3) is 4.54. The molecule has 2 rings (SSSR count). The molecule has 1 aliphatic rings. The van der Waals surface area contributed by atoms with Crippen molar-refractivity contribution in [3.63, 3.8) is 0 Å². The Kier molecular flexibility index (Phi) is 5.87. The number of rotatable bonds is 4. The van der Waals surface area contributed by atoms with Crippen molar-refractivity contribution < 1.29 is 0 Å². The maximum atomic E-state index is 6.49. The lowest BCUT2D eigenvalue weighted by Gasteiger charge is -2.35. The summed E-state index contributed by atoms with van der Waals surface area (Å²) in [5.41, 5.74) is 8.30. The number of nitrogens with zero attached hydrogens (tertiary/aromatic N) is 1. The molecule has 0 aliphatic carbocycles. The van der Waals surface area contributed by atoms with Crippen molar-refractivity contribution in [2.24, 2.45) is 11.1 Å². The van der Waals surface area contributed by atoms with Crippen LogP contribution in [-0.4, -0.2) is 24.0 Å². The van der Waals surface area contributed by atoms with Gasteiger partial charge in [-0.15, -0.1) is 0 Å². The second-order valence-corrected chi connectivity index (χ2v) is 8.04. The van der Waals surface area contributed by atoms with Gasteiger partial charge in [-0.25, -0.2) is 0 Å². The second-order valence-electron chi connectivity index (χ2n) is 7.13. The predicted octanol–water partition coefficient (Wildman–Crippen LogP) is 4.74. The summed E-state index contributed by atoms with van der Waals surface area (Å²) in [6.07, 6.45) is 4.86. The van der Waals surface area contributed by atoms with E-state index in [9.17, 15) is 0 Å². The largest absolute Gasteiger partial charge is 0.326 e. The molecule has 0 amide bonds. The highest BCUT2D eigenvalue weighted by molar-refractivity contribution is 9.10. The Morgan fingerprint density at radius 1 is 1.29 bits per heavy atom. The maximum absolute atomic E-state index is 6.49. The van der Waals surface area contributed by atoms with Crippen LogP contribution in [0.4, 0.5) is 0 Å². The maximum Gasteiger partial charge on any atom is 0.0499 e. The minimum Gasteiger partial charge on any atom is -0.326 e. The zero-order valence-electron chi connectivity index (χ0n) is 13.6. The average Bonchev–Trinajstić information content (AvgIpc) is 2.60. The van der Waals surface area contributed by atoms with Crippen LogP contribution in [0, 0.1) is 5.41 Å². The summed E-state index contributed by atoms with van der Waals surface area (Å²) < 4.78 is 1.14. The van der Waals surface area contributed by atoms with Crippen LogP contribution < -0.4 is 5.73 Å². The van der Waals surface area contributed by atoms with Crippen molar-refractivity contribution in [1.82, 2.24) is 4.90 Å². The summed E-state index contributed by atoms with van der Waals surface area (Å²) in [6.45, 7) is 9.29. The van der Waals surface area contributed by atoms with Gasteiger partial charge in [-0.2, -0.15) is 0 Å². The third-order valence-electron chi connectivity index (χ3n) is 4.84. The zero-order chi connectivity index (χ0) is 15.5. The minimum atomic E-state index is 0.195. The van der Waals surface area contributed by atoms with Gasteiger partial charge < -0.3 is 5.73 Å². The smallest absolute Gasteiger partial charge is 0.0499 e. The molecule has 0 spiro atoms. The van der Waals surface area contributed by atoms with Crippen LogP contribution >= 0.6 is 15.9 Å². The number of nitrogens with two attached hydrogens (primary N) is 1. The molecule has 2 unspecified atom stereocenters. The van der Waals surface area contributed by atoms with Crippen LogP contribution in [0.25, 0.3) is 0 Å². The SMILES string of the molecule is CCC(N)C(c1cccc(Br)c1)N1CCCC(C)(C)CC1. The summed E-state index contributed by atoms with van der Waals surface area (Å²) in [5.74, 6) is 0. The molecule has 2 atom stereocenters. The molecule has 21 heavy (non-hydrogen) atoms. The van der Waals surface area contributed by atoms with Gasteiger partial charge in [-0.3, -0.25) is 4.90 Å². The molecule has 2 N–H and O–H groups in total. The molecule has 1 aromatic rings. The van der Waals surface area contributed by atoms with Gasteiger partial charge in [0.1, 0.15) is 0 Å². The molecule has 1 fully saturated rings. The molecule has 0 bridgehead atoms. The van der Waals surface area contributed by atoms with Crippen LogP contribution in [0.3, 0.4) is 0 Å². The summed E-state index contributed by atoms with van der Waals surface area (Å²) >= 11 is 3.60. The molecule has 2 nitrogen and oxygen atoms in total. The molecular weight excluding hydrogens is 324 g/mol. The van der Waals surface area contributed by atoms with Crippen LogP contribution in [-0.2, 0) is 0 Å². The Hall–Kier alpha value is -0.380. The Morgan fingerprint density at radius 2 is 2.05 bits per heavy atom. The van der Waals surface area contributed by atoms with Crippen molar-refractivity contribution in [2.45, 2.75) is 58.5 Å². The van der Waals surface area contributed by atoms with Crippen molar-refractivity contribution in [3.05, 3.63) is 34.3 Å². The monoisotopic (exact) mass is 352 g/mol. The molecule has 1 aromatic carbocycles. The molecule has 1 saturated heterocycles. The van der Waals surface area contributed by atoms with Gasteiger partial charge in [0, 0.05) is 16.6 Å². The van der Waals surface area contributed by atoms with Crippen molar-refractivity contribution >= 4 is 15.9 Å². The molecule has 0 saturated carbocycles. The van der Waals surface area contributed by atoms with Gasteiger partial charge in [-0.1, -0.05) is 48.8 Å². The van der Waals surface area contributed by atoms with Crippen molar-refractivity contribution in [2.75, 3.05) is 13.1 Å². The summed E-state index contributed by atoms with van der Waals surface area (Å²) in [6, 6.07) is 9.19. The molecule has 1 aliphatic heterocycles. The first kappa shape index (κ1) is 17.0. The van der Waals surface area contributed by atoms with E-state index in [1.807, 2.05) is 0 Å². The van der Waals surface area contributed by atoms with Crippen molar-refractivity contribution in [3.8, 4) is 0 Å². The quantitative estimate of drug-likeness (QED) is 0.847. The molecular formula is C18H29BrN2. The Labute approximate surface area is 138 Å². The first-order valence-corrected chi connectivity index (χ1v) is 8.97. The summed E-state index contributed by atoms with van der Waals surface area (Å²) in [5, 5.41) is 0. The van der Waals surface area contributed by atoms with E-state index in [0.29, 0.717) is 11.5 Å². The van der Waals surface area contributed by atoms with Gasteiger partial charge in [0.05, 0.1) is 0 Å². The van der Waals surface area contributed by atoms with E-state index in [4.69, 9.17) is 5.73 Å². The van der Waals surface area contributed by atoms with Gasteiger partial charge in [0.25, 0.3) is 0 Å². The van der Waals surface area contributed by atoms with E-state index in [-0.39, 0.29) is 6.04 Å². The first-order chi connectivity index (χ1) is 9.93. The number of halogens is 1. The first-order valence-electron chi connectivity index (χ1n) is 8.18. The lowest BCUT2D eigenvalue weighted by Crippen LogP contribution is -2.41. The molecule has 0 aromatic heterocycles. The molecule has 0 radical (unpaired) electrons. The lowest BCUT2D eigenvalue weighted by atomic mass is 9.85. The topological polar surface area (TPSA) is 29.3 Å². The van der Waals surface area contributed by atoms with Gasteiger partial charge in [0.15, 0.2) is 0 Å². The molecule has 1 heterocycles. The summed E-state index contributed by atoms with van der Waals surface area (Å²) in [4.78, 5) is 2.62. The third-order valence-corrected chi connectivity index (χ3v) is 5.33. The Morgan fingerprint density at radius 3 is 2.71 bits per heavy atom. The van der Waals surface area contributed by atoms with E-state index in [1.54, 1.807) is 0 Å². The van der Waals surface area contributed by atoms with E-state index in [2.05, 4.69) is 65.9 Å². The number of likely N-dealkylation sites (tertiary alicyclic amines) is 1. The van der Waals surface area contributed by atoms with E-state index < -0.39 is 0 Å². The fourth-order valence-electron chi connectivity index (χ4n) is 3.36. The number of hydrogen-bond acceptors (Lipinski definition) is 2. The number of hydrogen-bond donors (Lipinski definition) is 1. The van der Waals surface area contributed by atoms with E-state index in [0.717, 1.165) is 24.0 Å². The molecule has 118 valence electrons. The Bertz CT molecular complexity index is 458. The lowest BCUT2D eigenvalue weighted by molar-refractivity contribution is 0.168. The minimum absolute atomic E-state index is 0.195. The van der Waals surface area contributed by atoms with Gasteiger partial charge in [0.2, 0.25) is 0 Å². The zero-order valence-corrected chi connectivity index (χ0v) is 15.2. The predicted molar refractivity (Wildman–Crippen MR) is 94.4 cm³/mol. The standard InChI is InChI=1S/C18H29BrN2/c1-4-16(20)17(14-7-5-8-15(19)13-14)21-11-6-9-18(2,3)10-12-21/h5,7-8,13,16-17H,4,6,9-12,20H2,1-3H3. The van der Waals surface area contributed by atoms with Crippen LogP contribution in [0.5, 0.6) is 0 Å². The fourth-order valence-corrected chi connectivity index (χ4v) is 3.78. The van der Waals surface area contributed by atoms with Crippen LogP contribution in [0.15, 0.2) is 28.7 Å². The average molecular weight is 353 g/mol. The highest BCUT2D eigenvalue weighted by Crippen LogP contribution is 2.35. The fraction of sp³-hybridized carbons (Fsp3) is 0.667.